The number of hydrogen-bond acceptors (Lipinski definition) is 1. The van der Waals surface area contributed by atoms with E-state index >= 15 is 0 Å². The minimum Gasteiger partial charge on any atom is -0.497 e. The Hall–Kier alpha value is -1.35. The fourth-order valence-corrected chi connectivity index (χ4v) is 2.64. The Morgan fingerprint density at radius 2 is 1.78 bits per heavy atom. The lowest BCUT2D eigenvalue weighted by molar-refractivity contribution is 0.414. The molecule has 1 unspecified atom stereocenters. The third kappa shape index (κ3) is 2.72. The van der Waals surface area contributed by atoms with Crippen LogP contribution in [0.15, 0.2) is 42.5 Å². The van der Waals surface area contributed by atoms with Crippen molar-refractivity contribution in [3.8, 4) is 5.75 Å². The second-order valence-electron chi connectivity index (χ2n) is 4.14. The first-order valence-electron chi connectivity index (χ1n) is 5.66. The zero-order valence-electron chi connectivity index (χ0n) is 10.3. The molecule has 0 spiro atoms. The van der Waals surface area contributed by atoms with Crippen molar-refractivity contribution in [1.82, 2.24) is 0 Å². The molecule has 1 nitrogen and oxygen atoms in total. The summed E-state index contributed by atoms with van der Waals surface area (Å²) >= 11 is 3.62. The largest absolute Gasteiger partial charge is 0.497 e. The molecule has 0 radical (unpaired) electrons. The highest BCUT2D eigenvalue weighted by Gasteiger charge is 2.13. The molecular weight excluding hydrogens is 295 g/mol. The normalized spacial score (nSPS) is 12.2. The molecule has 94 valence electrons. The van der Waals surface area contributed by atoms with Crippen molar-refractivity contribution in [3.05, 3.63) is 65.0 Å². The summed E-state index contributed by atoms with van der Waals surface area (Å²) in [4.78, 5) is -0.0147. The minimum absolute atomic E-state index is 0.0147. The van der Waals surface area contributed by atoms with Gasteiger partial charge in [0.05, 0.1) is 11.9 Å². The Kier molecular flexibility index (Phi) is 4.02. The van der Waals surface area contributed by atoms with Crippen molar-refractivity contribution < 1.29 is 9.13 Å². The molecule has 1 atom stereocenters. The summed E-state index contributed by atoms with van der Waals surface area (Å²) in [5.41, 5.74) is 3.08. The summed E-state index contributed by atoms with van der Waals surface area (Å²) in [5.74, 6) is 0.600. The molecule has 0 aromatic heterocycles. The van der Waals surface area contributed by atoms with Gasteiger partial charge in [-0.15, -0.1) is 0 Å². The number of alkyl halides is 1. The lowest BCUT2D eigenvalue weighted by atomic mass is 10.0. The van der Waals surface area contributed by atoms with Crippen molar-refractivity contribution in [1.29, 1.82) is 0 Å². The Bertz CT molecular complexity index is 537. The predicted octanol–water partition coefficient (Wildman–Crippen LogP) is 4.63. The molecule has 0 aliphatic rings. The van der Waals surface area contributed by atoms with Crippen molar-refractivity contribution in [2.45, 2.75) is 11.8 Å². The summed E-state index contributed by atoms with van der Waals surface area (Å²) < 4.78 is 18.4. The van der Waals surface area contributed by atoms with Crippen LogP contribution in [0.3, 0.4) is 0 Å². The Labute approximate surface area is 115 Å². The zero-order chi connectivity index (χ0) is 13.1. The predicted molar refractivity (Wildman–Crippen MR) is 74.9 cm³/mol. The van der Waals surface area contributed by atoms with E-state index in [1.165, 1.54) is 6.07 Å². The lowest BCUT2D eigenvalue weighted by Crippen LogP contribution is -1.97. The van der Waals surface area contributed by atoms with Gasteiger partial charge in [-0.25, -0.2) is 4.39 Å². The molecule has 0 aliphatic heterocycles. The molecule has 0 bridgehead atoms. The van der Waals surface area contributed by atoms with E-state index in [1.807, 2.05) is 31.2 Å². The Morgan fingerprint density at radius 3 is 2.39 bits per heavy atom. The molecule has 0 fully saturated rings. The SMILES string of the molecule is COc1ccc(C(Br)c2cc(F)ccc2C)cc1. The highest BCUT2D eigenvalue weighted by atomic mass is 79.9. The summed E-state index contributed by atoms with van der Waals surface area (Å²) in [6.07, 6.45) is 0. The number of methoxy groups -OCH3 is 1. The average Bonchev–Trinajstić information content (AvgIpc) is 2.41. The number of rotatable bonds is 3. The monoisotopic (exact) mass is 308 g/mol. The van der Waals surface area contributed by atoms with Crippen molar-refractivity contribution in [2.24, 2.45) is 0 Å². The van der Waals surface area contributed by atoms with Gasteiger partial charge in [-0.05, 0) is 47.9 Å². The van der Waals surface area contributed by atoms with E-state index in [-0.39, 0.29) is 10.6 Å². The first-order chi connectivity index (χ1) is 8.61. The zero-order valence-corrected chi connectivity index (χ0v) is 11.9. The molecule has 0 heterocycles. The lowest BCUT2D eigenvalue weighted by Gasteiger charge is -2.14. The van der Waals surface area contributed by atoms with Crippen LogP contribution in [0.5, 0.6) is 5.75 Å². The maximum absolute atomic E-state index is 13.3. The van der Waals surface area contributed by atoms with Crippen LogP contribution >= 0.6 is 15.9 Å². The summed E-state index contributed by atoms with van der Waals surface area (Å²) in [7, 11) is 1.64. The van der Waals surface area contributed by atoms with Gasteiger partial charge in [0.25, 0.3) is 0 Å². The molecule has 0 saturated heterocycles. The van der Waals surface area contributed by atoms with E-state index in [9.17, 15) is 4.39 Å². The van der Waals surface area contributed by atoms with Crippen molar-refractivity contribution in [2.75, 3.05) is 7.11 Å². The second-order valence-corrected chi connectivity index (χ2v) is 5.05. The van der Waals surface area contributed by atoms with E-state index in [0.29, 0.717) is 0 Å². The Balaban J connectivity index is 2.34. The summed E-state index contributed by atoms with van der Waals surface area (Å²) in [6.45, 7) is 1.98. The van der Waals surface area contributed by atoms with Crippen LogP contribution in [0.2, 0.25) is 0 Å². The average molecular weight is 309 g/mol. The van der Waals surface area contributed by atoms with Crippen molar-refractivity contribution in [3.63, 3.8) is 0 Å². The van der Waals surface area contributed by atoms with Crippen LogP contribution in [0, 0.1) is 12.7 Å². The van der Waals surface area contributed by atoms with E-state index in [1.54, 1.807) is 19.2 Å². The molecule has 2 aromatic carbocycles. The van der Waals surface area contributed by atoms with Gasteiger partial charge in [-0.2, -0.15) is 0 Å². The first-order valence-corrected chi connectivity index (χ1v) is 6.57. The standard InChI is InChI=1S/C15H14BrFO/c1-10-3-6-12(17)9-14(10)15(16)11-4-7-13(18-2)8-5-11/h3-9,15H,1-2H3. The first kappa shape index (κ1) is 13.1. The van der Waals surface area contributed by atoms with E-state index in [4.69, 9.17) is 4.74 Å². The Morgan fingerprint density at radius 1 is 1.11 bits per heavy atom. The van der Waals surface area contributed by atoms with Crippen LogP contribution in [0.1, 0.15) is 21.5 Å². The summed E-state index contributed by atoms with van der Waals surface area (Å²) in [5, 5.41) is 0. The highest BCUT2D eigenvalue weighted by molar-refractivity contribution is 9.09. The molecule has 3 heteroatoms. The summed E-state index contributed by atoms with van der Waals surface area (Å²) in [6, 6.07) is 12.6. The fraction of sp³-hybridized carbons (Fsp3) is 0.200. The molecule has 0 aliphatic carbocycles. The topological polar surface area (TPSA) is 9.23 Å². The maximum atomic E-state index is 13.3. The van der Waals surface area contributed by atoms with E-state index < -0.39 is 0 Å². The van der Waals surface area contributed by atoms with Crippen LogP contribution < -0.4 is 4.74 Å². The van der Waals surface area contributed by atoms with Gasteiger partial charge in [-0.1, -0.05) is 34.1 Å². The van der Waals surface area contributed by atoms with Gasteiger partial charge in [0.1, 0.15) is 11.6 Å². The molecule has 0 amide bonds. The number of hydrogen-bond donors (Lipinski definition) is 0. The highest BCUT2D eigenvalue weighted by Crippen LogP contribution is 2.33. The molecule has 2 aromatic rings. The molecule has 18 heavy (non-hydrogen) atoms. The number of aryl methyl sites for hydroxylation is 1. The molecule has 0 N–H and O–H groups in total. The minimum atomic E-state index is -0.214. The van der Waals surface area contributed by atoms with Crippen LogP contribution in [-0.2, 0) is 0 Å². The second kappa shape index (κ2) is 5.53. The maximum Gasteiger partial charge on any atom is 0.123 e. The van der Waals surface area contributed by atoms with Crippen LogP contribution in [-0.4, -0.2) is 7.11 Å². The van der Waals surface area contributed by atoms with Gasteiger partial charge in [-0.3, -0.25) is 0 Å². The quantitative estimate of drug-likeness (QED) is 0.751. The molecule has 2 rings (SSSR count). The van der Waals surface area contributed by atoms with E-state index in [0.717, 1.165) is 22.4 Å². The van der Waals surface area contributed by atoms with Gasteiger partial charge >= 0.3 is 0 Å². The van der Waals surface area contributed by atoms with Gasteiger partial charge in [0, 0.05) is 0 Å². The number of halogens is 2. The van der Waals surface area contributed by atoms with E-state index in [2.05, 4.69) is 15.9 Å². The molecular formula is C15H14BrFO. The van der Waals surface area contributed by atoms with Gasteiger partial charge in [0.15, 0.2) is 0 Å². The number of ether oxygens (including phenoxy) is 1. The smallest absolute Gasteiger partial charge is 0.123 e. The fourth-order valence-electron chi connectivity index (χ4n) is 1.84. The van der Waals surface area contributed by atoms with Gasteiger partial charge in [0.2, 0.25) is 0 Å². The third-order valence-electron chi connectivity index (χ3n) is 2.92. The van der Waals surface area contributed by atoms with Gasteiger partial charge < -0.3 is 4.74 Å². The van der Waals surface area contributed by atoms with Crippen molar-refractivity contribution >= 4 is 15.9 Å². The molecule has 0 saturated carbocycles. The number of benzene rings is 2. The third-order valence-corrected chi connectivity index (χ3v) is 3.94. The van der Waals surface area contributed by atoms with Crippen LogP contribution in [0.4, 0.5) is 4.39 Å². The van der Waals surface area contributed by atoms with Crippen LogP contribution in [0.25, 0.3) is 0 Å².